The third-order valence-corrected chi connectivity index (χ3v) is 2.31. The first kappa shape index (κ1) is 14.4. The van der Waals surface area contributed by atoms with E-state index in [1.165, 1.54) is 18.2 Å². The normalized spacial score (nSPS) is 12.0. The predicted octanol–water partition coefficient (Wildman–Crippen LogP) is 2.32. The van der Waals surface area contributed by atoms with Crippen molar-refractivity contribution in [3.63, 3.8) is 0 Å². The van der Waals surface area contributed by atoms with Crippen molar-refractivity contribution < 1.29 is 19.0 Å². The fourth-order valence-corrected chi connectivity index (χ4v) is 1.43. The molecule has 1 atom stereocenters. The predicted molar refractivity (Wildman–Crippen MR) is 67.1 cm³/mol. The highest BCUT2D eigenvalue weighted by Crippen LogP contribution is 2.25. The number of aliphatic hydroxyl groups excluding tert-OH is 1. The number of hydrogen-bond donors (Lipinski definition) is 2. The Balaban J connectivity index is 2.68. The molecule has 0 aliphatic carbocycles. The molecule has 2 N–H and O–H groups in total. The average Bonchev–Trinajstić information content (AvgIpc) is 2.30. The number of ether oxygens (including phenoxy) is 1. The number of amides is 1. The van der Waals surface area contributed by atoms with Gasteiger partial charge in [-0.1, -0.05) is 0 Å². The van der Waals surface area contributed by atoms with Crippen LogP contribution < -0.4 is 10.1 Å². The number of halogens is 1. The summed E-state index contributed by atoms with van der Waals surface area (Å²) in [5.41, 5.74) is 0.439. The van der Waals surface area contributed by atoms with Crippen LogP contribution in [-0.2, 0) is 4.79 Å². The van der Waals surface area contributed by atoms with Crippen LogP contribution in [0.15, 0.2) is 18.2 Å². The molecule has 1 aromatic rings. The minimum atomic E-state index is -0.518. The molecular formula is C13H18FNO3. The van der Waals surface area contributed by atoms with Gasteiger partial charge >= 0.3 is 0 Å². The molecule has 4 nitrogen and oxygen atoms in total. The standard InChI is InChI=1S/C13H18FNO3/c1-3-18-12-8-10(14)5-6-11(12)15-13(17)7-4-9(2)16/h5-6,8-9,16H,3-4,7H2,1-2H3,(H,15,17). The number of hydrogen-bond acceptors (Lipinski definition) is 3. The van der Waals surface area contributed by atoms with Crippen LogP contribution in [0.5, 0.6) is 5.75 Å². The van der Waals surface area contributed by atoms with Gasteiger partial charge in [-0.15, -0.1) is 0 Å². The van der Waals surface area contributed by atoms with Gasteiger partial charge in [-0.05, 0) is 32.4 Å². The van der Waals surface area contributed by atoms with Crippen LogP contribution in [0.4, 0.5) is 10.1 Å². The molecule has 0 saturated heterocycles. The summed E-state index contributed by atoms with van der Waals surface area (Å²) in [7, 11) is 0. The largest absolute Gasteiger partial charge is 0.492 e. The summed E-state index contributed by atoms with van der Waals surface area (Å²) in [5.74, 6) is -0.341. The molecular weight excluding hydrogens is 237 g/mol. The molecule has 5 heteroatoms. The molecule has 0 radical (unpaired) electrons. The molecule has 1 unspecified atom stereocenters. The van der Waals surface area contributed by atoms with E-state index < -0.39 is 11.9 Å². The maximum atomic E-state index is 13.0. The lowest BCUT2D eigenvalue weighted by molar-refractivity contribution is -0.116. The lowest BCUT2D eigenvalue weighted by Crippen LogP contribution is -2.15. The van der Waals surface area contributed by atoms with Crippen molar-refractivity contribution in [2.75, 3.05) is 11.9 Å². The Hall–Kier alpha value is -1.62. The Morgan fingerprint density at radius 1 is 1.56 bits per heavy atom. The minimum absolute atomic E-state index is 0.209. The summed E-state index contributed by atoms with van der Waals surface area (Å²) in [6.45, 7) is 3.79. The number of carbonyl (C=O) groups excluding carboxylic acids is 1. The molecule has 0 bridgehead atoms. The lowest BCUT2D eigenvalue weighted by atomic mass is 10.2. The molecule has 0 saturated carbocycles. The van der Waals surface area contributed by atoms with E-state index in [1.807, 2.05) is 0 Å². The van der Waals surface area contributed by atoms with Crippen LogP contribution in [0.1, 0.15) is 26.7 Å². The first-order valence-corrected chi connectivity index (χ1v) is 5.93. The number of benzene rings is 1. The zero-order chi connectivity index (χ0) is 13.5. The van der Waals surface area contributed by atoms with E-state index in [2.05, 4.69) is 5.32 Å². The third-order valence-electron chi connectivity index (χ3n) is 2.31. The second-order valence-electron chi connectivity index (χ2n) is 4.01. The van der Waals surface area contributed by atoms with Gasteiger partial charge < -0.3 is 15.2 Å². The van der Waals surface area contributed by atoms with Crippen molar-refractivity contribution in [2.24, 2.45) is 0 Å². The number of anilines is 1. The molecule has 0 aromatic heterocycles. The summed E-state index contributed by atoms with van der Waals surface area (Å²) < 4.78 is 18.3. The van der Waals surface area contributed by atoms with E-state index in [0.717, 1.165) is 0 Å². The Morgan fingerprint density at radius 3 is 2.89 bits per heavy atom. The van der Waals surface area contributed by atoms with Gasteiger partial charge in [0.2, 0.25) is 5.91 Å². The summed E-state index contributed by atoms with van der Waals surface area (Å²) in [6, 6.07) is 3.95. The lowest BCUT2D eigenvalue weighted by Gasteiger charge is -2.12. The smallest absolute Gasteiger partial charge is 0.224 e. The summed E-state index contributed by atoms with van der Waals surface area (Å²) >= 11 is 0. The van der Waals surface area contributed by atoms with Crippen LogP contribution in [0.25, 0.3) is 0 Å². The Morgan fingerprint density at radius 2 is 2.28 bits per heavy atom. The minimum Gasteiger partial charge on any atom is -0.492 e. The third kappa shape index (κ3) is 4.71. The highest BCUT2D eigenvalue weighted by atomic mass is 19.1. The fraction of sp³-hybridized carbons (Fsp3) is 0.462. The van der Waals surface area contributed by atoms with Gasteiger partial charge in [0.25, 0.3) is 0 Å². The monoisotopic (exact) mass is 255 g/mol. The van der Waals surface area contributed by atoms with E-state index >= 15 is 0 Å². The Labute approximate surface area is 106 Å². The van der Waals surface area contributed by atoms with Crippen LogP contribution in [0.3, 0.4) is 0 Å². The quantitative estimate of drug-likeness (QED) is 0.820. The Bertz CT molecular complexity index is 407. The highest BCUT2D eigenvalue weighted by molar-refractivity contribution is 5.92. The highest BCUT2D eigenvalue weighted by Gasteiger charge is 2.09. The van der Waals surface area contributed by atoms with Gasteiger partial charge in [-0.25, -0.2) is 4.39 Å². The molecule has 1 amide bonds. The maximum absolute atomic E-state index is 13.0. The van der Waals surface area contributed by atoms with E-state index in [4.69, 9.17) is 9.84 Å². The van der Waals surface area contributed by atoms with E-state index in [1.54, 1.807) is 13.8 Å². The summed E-state index contributed by atoms with van der Waals surface area (Å²) in [6.07, 6.45) is 0.0766. The first-order valence-electron chi connectivity index (χ1n) is 5.93. The number of carbonyl (C=O) groups is 1. The van der Waals surface area contributed by atoms with Gasteiger partial charge in [0, 0.05) is 12.5 Å². The first-order chi connectivity index (χ1) is 8.52. The molecule has 0 spiro atoms. The zero-order valence-electron chi connectivity index (χ0n) is 10.6. The van der Waals surface area contributed by atoms with Gasteiger partial charge in [-0.2, -0.15) is 0 Å². The fourth-order valence-electron chi connectivity index (χ4n) is 1.43. The van der Waals surface area contributed by atoms with Crippen molar-refractivity contribution in [3.8, 4) is 5.75 Å². The van der Waals surface area contributed by atoms with Crippen LogP contribution in [0, 0.1) is 5.82 Å². The molecule has 100 valence electrons. The number of rotatable bonds is 6. The van der Waals surface area contributed by atoms with Gasteiger partial charge in [0.1, 0.15) is 11.6 Å². The van der Waals surface area contributed by atoms with Crippen molar-refractivity contribution in [1.29, 1.82) is 0 Å². The molecule has 1 rings (SSSR count). The van der Waals surface area contributed by atoms with Crippen LogP contribution in [-0.4, -0.2) is 23.7 Å². The molecule has 0 heterocycles. The molecule has 0 fully saturated rings. The molecule has 0 aliphatic rings. The van der Waals surface area contributed by atoms with Crippen molar-refractivity contribution in [3.05, 3.63) is 24.0 Å². The second-order valence-corrected chi connectivity index (χ2v) is 4.01. The summed E-state index contributed by atoms with van der Waals surface area (Å²) in [4.78, 5) is 11.6. The molecule has 18 heavy (non-hydrogen) atoms. The van der Waals surface area contributed by atoms with E-state index in [9.17, 15) is 9.18 Å². The zero-order valence-corrected chi connectivity index (χ0v) is 10.6. The van der Waals surface area contributed by atoms with Gasteiger partial charge in [-0.3, -0.25) is 4.79 Å². The van der Waals surface area contributed by atoms with Crippen LogP contribution in [0.2, 0.25) is 0 Å². The van der Waals surface area contributed by atoms with Crippen molar-refractivity contribution in [1.82, 2.24) is 0 Å². The number of aliphatic hydroxyl groups is 1. The molecule has 1 aromatic carbocycles. The maximum Gasteiger partial charge on any atom is 0.224 e. The van der Waals surface area contributed by atoms with E-state index in [-0.39, 0.29) is 12.3 Å². The Kier molecular flexibility index (Phi) is 5.58. The van der Waals surface area contributed by atoms with Gasteiger partial charge in [0.05, 0.1) is 18.4 Å². The average molecular weight is 255 g/mol. The van der Waals surface area contributed by atoms with E-state index in [0.29, 0.717) is 24.5 Å². The topological polar surface area (TPSA) is 58.6 Å². The SMILES string of the molecule is CCOc1cc(F)ccc1NC(=O)CCC(C)O. The second kappa shape index (κ2) is 6.96. The van der Waals surface area contributed by atoms with Crippen molar-refractivity contribution >= 4 is 11.6 Å². The number of nitrogens with one attached hydrogen (secondary N) is 1. The van der Waals surface area contributed by atoms with Gasteiger partial charge in [0.15, 0.2) is 0 Å². The van der Waals surface area contributed by atoms with Crippen molar-refractivity contribution in [2.45, 2.75) is 32.8 Å². The van der Waals surface area contributed by atoms with Crippen LogP contribution >= 0.6 is 0 Å². The summed E-state index contributed by atoms with van der Waals surface area (Å²) in [5, 5.41) is 11.7. The molecule has 0 aliphatic heterocycles.